The second kappa shape index (κ2) is 6.34. The topological polar surface area (TPSA) is 26.0 Å². The standard InChI is InChI=1S/C14H11Cl4N/c15-11-2-1-8(5-9(11)3-4-19)10-6-13(17)14(18)7-12(10)16/h1-2,5-7H,3-4,19H2. The molecule has 2 N–H and O–H groups in total. The van der Waals surface area contributed by atoms with E-state index in [-0.39, 0.29) is 0 Å². The molecule has 0 aliphatic carbocycles. The first-order valence-electron chi connectivity index (χ1n) is 5.66. The molecular formula is C14H11Cl4N. The van der Waals surface area contributed by atoms with Crippen molar-refractivity contribution in [3.05, 3.63) is 56.0 Å². The van der Waals surface area contributed by atoms with Crippen LogP contribution < -0.4 is 5.73 Å². The van der Waals surface area contributed by atoms with Gasteiger partial charge in [0, 0.05) is 15.6 Å². The fourth-order valence-electron chi connectivity index (χ4n) is 1.83. The molecule has 2 aromatic rings. The maximum Gasteiger partial charge on any atom is 0.0607 e. The summed E-state index contributed by atoms with van der Waals surface area (Å²) < 4.78 is 0. The van der Waals surface area contributed by atoms with Crippen LogP contribution in [-0.4, -0.2) is 6.54 Å². The molecule has 0 bridgehead atoms. The van der Waals surface area contributed by atoms with Crippen molar-refractivity contribution >= 4 is 46.4 Å². The number of halogens is 4. The monoisotopic (exact) mass is 333 g/mol. The Bertz CT molecular complexity index is 611. The SMILES string of the molecule is NCCc1cc(-c2cc(Cl)c(Cl)cc2Cl)ccc1Cl. The van der Waals surface area contributed by atoms with E-state index in [0.717, 1.165) is 16.7 Å². The van der Waals surface area contributed by atoms with Gasteiger partial charge in [0.15, 0.2) is 0 Å². The van der Waals surface area contributed by atoms with Crippen LogP contribution in [0, 0.1) is 0 Å². The zero-order valence-corrected chi connectivity index (χ0v) is 12.9. The zero-order valence-electron chi connectivity index (χ0n) is 9.89. The molecule has 0 aromatic heterocycles. The van der Waals surface area contributed by atoms with Crippen molar-refractivity contribution in [1.29, 1.82) is 0 Å². The molecule has 2 aromatic carbocycles. The van der Waals surface area contributed by atoms with Crippen LogP contribution in [0.25, 0.3) is 11.1 Å². The van der Waals surface area contributed by atoms with Gasteiger partial charge in [0.2, 0.25) is 0 Å². The van der Waals surface area contributed by atoms with Gasteiger partial charge in [-0.25, -0.2) is 0 Å². The summed E-state index contributed by atoms with van der Waals surface area (Å²) in [5.74, 6) is 0. The molecule has 0 atom stereocenters. The van der Waals surface area contributed by atoms with E-state index in [1.165, 1.54) is 0 Å². The molecule has 19 heavy (non-hydrogen) atoms. The van der Waals surface area contributed by atoms with Crippen molar-refractivity contribution in [2.75, 3.05) is 6.54 Å². The summed E-state index contributed by atoms with van der Waals surface area (Å²) in [7, 11) is 0. The molecule has 0 aliphatic rings. The lowest BCUT2D eigenvalue weighted by molar-refractivity contribution is 0.969. The Morgan fingerprint density at radius 1 is 0.789 bits per heavy atom. The van der Waals surface area contributed by atoms with E-state index in [2.05, 4.69) is 0 Å². The van der Waals surface area contributed by atoms with Gasteiger partial charge in [-0.15, -0.1) is 0 Å². The summed E-state index contributed by atoms with van der Waals surface area (Å²) in [4.78, 5) is 0. The molecule has 0 saturated heterocycles. The number of hydrogen-bond acceptors (Lipinski definition) is 1. The largest absolute Gasteiger partial charge is 0.330 e. The minimum absolute atomic E-state index is 0.437. The van der Waals surface area contributed by atoms with Crippen molar-refractivity contribution in [3.63, 3.8) is 0 Å². The lowest BCUT2D eigenvalue weighted by atomic mass is 10.0. The van der Waals surface area contributed by atoms with E-state index in [4.69, 9.17) is 52.1 Å². The molecule has 0 spiro atoms. The Hall–Kier alpha value is -0.440. The molecule has 1 nitrogen and oxygen atoms in total. The first-order chi connectivity index (χ1) is 9.02. The molecule has 0 amide bonds. The Labute approximate surface area is 132 Å². The fourth-order valence-corrected chi connectivity index (χ4v) is 2.70. The molecule has 2 rings (SSSR count). The average Bonchev–Trinajstić information content (AvgIpc) is 2.37. The van der Waals surface area contributed by atoms with Crippen LogP contribution in [0.1, 0.15) is 5.56 Å². The molecule has 0 fully saturated rings. The molecule has 0 unspecified atom stereocenters. The molecule has 100 valence electrons. The summed E-state index contributed by atoms with van der Waals surface area (Å²) >= 11 is 24.3. The fraction of sp³-hybridized carbons (Fsp3) is 0.143. The van der Waals surface area contributed by atoms with Crippen LogP contribution in [0.5, 0.6) is 0 Å². The Balaban J connectivity index is 2.53. The number of benzene rings is 2. The minimum atomic E-state index is 0.437. The van der Waals surface area contributed by atoms with Gasteiger partial charge in [-0.3, -0.25) is 0 Å². The third kappa shape index (κ3) is 3.36. The van der Waals surface area contributed by atoms with Gasteiger partial charge in [-0.1, -0.05) is 52.5 Å². The lowest BCUT2D eigenvalue weighted by Crippen LogP contribution is -2.03. The van der Waals surface area contributed by atoms with Gasteiger partial charge in [0.25, 0.3) is 0 Å². The van der Waals surface area contributed by atoms with Gasteiger partial charge in [-0.2, -0.15) is 0 Å². The Morgan fingerprint density at radius 3 is 2.16 bits per heavy atom. The summed E-state index contributed by atoms with van der Waals surface area (Å²) in [5.41, 5.74) is 8.32. The Morgan fingerprint density at radius 2 is 1.47 bits per heavy atom. The van der Waals surface area contributed by atoms with Crippen LogP contribution in [0.2, 0.25) is 20.1 Å². The highest BCUT2D eigenvalue weighted by Gasteiger charge is 2.10. The van der Waals surface area contributed by atoms with Gasteiger partial charge in [0.05, 0.1) is 10.0 Å². The van der Waals surface area contributed by atoms with E-state index in [9.17, 15) is 0 Å². The second-order valence-corrected chi connectivity index (χ2v) is 5.72. The highest BCUT2D eigenvalue weighted by molar-refractivity contribution is 6.44. The van der Waals surface area contributed by atoms with Gasteiger partial charge in [-0.05, 0) is 48.4 Å². The third-order valence-electron chi connectivity index (χ3n) is 2.78. The van der Waals surface area contributed by atoms with Gasteiger partial charge in [0.1, 0.15) is 0 Å². The van der Waals surface area contributed by atoms with Crippen LogP contribution >= 0.6 is 46.4 Å². The van der Waals surface area contributed by atoms with Crippen LogP contribution in [0.4, 0.5) is 0 Å². The quantitative estimate of drug-likeness (QED) is 0.740. The van der Waals surface area contributed by atoms with Crippen molar-refractivity contribution in [2.45, 2.75) is 6.42 Å². The molecular weight excluding hydrogens is 324 g/mol. The summed E-state index contributed by atoms with van der Waals surface area (Å²) in [6.45, 7) is 0.540. The molecule has 0 saturated carbocycles. The number of rotatable bonds is 3. The van der Waals surface area contributed by atoms with E-state index in [1.807, 2.05) is 18.2 Å². The summed E-state index contributed by atoms with van der Waals surface area (Å²) in [6.07, 6.45) is 0.714. The van der Waals surface area contributed by atoms with Crippen molar-refractivity contribution < 1.29 is 0 Å². The highest BCUT2D eigenvalue weighted by Crippen LogP contribution is 2.36. The number of nitrogens with two attached hydrogens (primary N) is 1. The van der Waals surface area contributed by atoms with E-state index >= 15 is 0 Å². The van der Waals surface area contributed by atoms with Crippen LogP contribution in [-0.2, 0) is 6.42 Å². The smallest absolute Gasteiger partial charge is 0.0607 e. The Kier molecular flexibility index (Phi) is 4.99. The third-order valence-corrected chi connectivity index (χ3v) is 4.18. The predicted octanol–water partition coefficient (Wildman–Crippen LogP) is 5.47. The maximum absolute atomic E-state index is 6.20. The van der Waals surface area contributed by atoms with E-state index < -0.39 is 0 Å². The summed E-state index contributed by atoms with van der Waals surface area (Å²) in [6, 6.07) is 9.09. The van der Waals surface area contributed by atoms with Crippen LogP contribution in [0.3, 0.4) is 0 Å². The zero-order chi connectivity index (χ0) is 14.0. The first-order valence-corrected chi connectivity index (χ1v) is 7.17. The molecule has 0 radical (unpaired) electrons. The highest BCUT2D eigenvalue weighted by atomic mass is 35.5. The first kappa shape index (κ1) is 15.0. The predicted molar refractivity (Wildman–Crippen MR) is 84.7 cm³/mol. The molecule has 0 heterocycles. The van der Waals surface area contributed by atoms with E-state index in [1.54, 1.807) is 12.1 Å². The normalized spacial score (nSPS) is 10.8. The summed E-state index contributed by atoms with van der Waals surface area (Å²) in [5, 5.41) is 2.16. The lowest BCUT2D eigenvalue weighted by Gasteiger charge is -2.10. The van der Waals surface area contributed by atoms with Crippen molar-refractivity contribution in [3.8, 4) is 11.1 Å². The van der Waals surface area contributed by atoms with E-state index in [0.29, 0.717) is 33.1 Å². The van der Waals surface area contributed by atoms with Crippen molar-refractivity contribution in [2.24, 2.45) is 5.73 Å². The second-order valence-electron chi connectivity index (χ2n) is 4.09. The molecule has 0 aliphatic heterocycles. The van der Waals surface area contributed by atoms with Gasteiger partial charge >= 0.3 is 0 Å². The molecule has 5 heteroatoms. The maximum atomic E-state index is 6.20. The van der Waals surface area contributed by atoms with Crippen molar-refractivity contribution in [1.82, 2.24) is 0 Å². The number of hydrogen-bond donors (Lipinski definition) is 1. The average molecular weight is 335 g/mol. The van der Waals surface area contributed by atoms with Crippen LogP contribution in [0.15, 0.2) is 30.3 Å². The van der Waals surface area contributed by atoms with Gasteiger partial charge < -0.3 is 5.73 Å². The minimum Gasteiger partial charge on any atom is -0.330 e.